The summed E-state index contributed by atoms with van der Waals surface area (Å²) in [6.45, 7) is 4.74. The number of carbonyl (C=O) groups excluding carboxylic acids is 2. The minimum Gasteiger partial charge on any atom is -0.493 e. The van der Waals surface area contributed by atoms with E-state index in [0.29, 0.717) is 21.4 Å². The van der Waals surface area contributed by atoms with E-state index in [1.165, 1.54) is 20.2 Å². The lowest BCUT2D eigenvalue weighted by molar-refractivity contribution is -0.157. The molecule has 0 unspecified atom stereocenters. The molecular weight excluding hydrogens is 514 g/mol. The zero-order valence-electron chi connectivity index (χ0n) is 21.0. The first-order valence-electron chi connectivity index (χ1n) is 11.6. The molecule has 1 heterocycles. The van der Waals surface area contributed by atoms with E-state index >= 15 is 0 Å². The Morgan fingerprint density at radius 3 is 2.32 bits per heavy atom. The molecule has 9 heteroatoms. The van der Waals surface area contributed by atoms with Gasteiger partial charge in [-0.3, -0.25) is 14.6 Å². The molecule has 0 amide bonds. The number of thiocarbonyl (C=S) groups is 1. The molecule has 0 saturated carbocycles. The molecule has 0 fully saturated rings. The number of hydrogen-bond donors (Lipinski definition) is 0. The van der Waals surface area contributed by atoms with Crippen LogP contribution in [-0.4, -0.2) is 35.0 Å². The van der Waals surface area contributed by atoms with E-state index in [9.17, 15) is 9.59 Å². The van der Waals surface area contributed by atoms with Gasteiger partial charge in [0.15, 0.2) is 17.6 Å². The first-order valence-corrected chi connectivity index (χ1v) is 12.4. The van der Waals surface area contributed by atoms with Crippen molar-refractivity contribution in [3.8, 4) is 17.2 Å². The number of methoxy groups -OCH3 is 1. The van der Waals surface area contributed by atoms with E-state index in [2.05, 4.69) is 4.98 Å². The molecule has 3 aromatic rings. The van der Waals surface area contributed by atoms with Crippen LogP contribution in [0.4, 0.5) is 0 Å². The summed E-state index contributed by atoms with van der Waals surface area (Å²) in [4.78, 5) is 29.3. The van der Waals surface area contributed by atoms with Gasteiger partial charge >= 0.3 is 11.9 Å². The molecular formula is C28H28ClNO6S. The van der Waals surface area contributed by atoms with Gasteiger partial charge in [0, 0.05) is 24.1 Å². The monoisotopic (exact) mass is 541 g/mol. The number of nitrogens with zero attached hydrogens (tertiary/aromatic N) is 1. The lowest BCUT2D eigenvalue weighted by Gasteiger charge is -2.27. The van der Waals surface area contributed by atoms with Gasteiger partial charge in [-0.1, -0.05) is 73.2 Å². The Bertz CT molecular complexity index is 1250. The molecule has 0 radical (unpaired) electrons. The van der Waals surface area contributed by atoms with Crippen molar-refractivity contribution in [2.24, 2.45) is 5.92 Å². The zero-order valence-corrected chi connectivity index (χ0v) is 22.5. The number of rotatable bonds is 11. The van der Waals surface area contributed by atoms with Crippen LogP contribution in [0, 0.1) is 5.92 Å². The summed E-state index contributed by atoms with van der Waals surface area (Å²) in [5, 5.41) is 0.454. The second-order valence-electron chi connectivity index (χ2n) is 8.33. The van der Waals surface area contributed by atoms with Crippen LogP contribution in [0.5, 0.6) is 17.2 Å². The van der Waals surface area contributed by atoms with E-state index < -0.39 is 30.1 Å². The first kappa shape index (κ1) is 28.1. The zero-order chi connectivity index (χ0) is 26.9. The molecule has 3 rings (SSSR count). The summed E-state index contributed by atoms with van der Waals surface area (Å²) < 4.78 is 22.6. The lowest BCUT2D eigenvalue weighted by Crippen LogP contribution is -2.30. The summed E-state index contributed by atoms with van der Waals surface area (Å²) in [7, 11) is 1.45. The van der Waals surface area contributed by atoms with Crippen LogP contribution in [0.2, 0.25) is 5.02 Å². The summed E-state index contributed by atoms with van der Waals surface area (Å²) in [6.07, 6.45) is 0.403. The van der Waals surface area contributed by atoms with Crippen LogP contribution in [0.3, 0.4) is 0 Å². The highest BCUT2D eigenvalue weighted by Crippen LogP contribution is 2.33. The molecule has 1 aromatic heterocycles. The highest BCUT2D eigenvalue weighted by Gasteiger charge is 2.29. The maximum atomic E-state index is 13.1. The third kappa shape index (κ3) is 7.50. The van der Waals surface area contributed by atoms with Crippen molar-refractivity contribution in [1.29, 1.82) is 0 Å². The van der Waals surface area contributed by atoms with Crippen LogP contribution >= 0.6 is 23.8 Å². The average Bonchev–Trinajstić information content (AvgIpc) is 2.88. The van der Waals surface area contributed by atoms with Crippen molar-refractivity contribution >= 4 is 40.6 Å². The first-order chi connectivity index (χ1) is 17.7. The quantitative estimate of drug-likeness (QED) is 0.162. The Morgan fingerprint density at radius 2 is 1.68 bits per heavy atom. The van der Waals surface area contributed by atoms with Crippen LogP contribution in [0.25, 0.3) is 0 Å². The van der Waals surface area contributed by atoms with Crippen molar-refractivity contribution in [2.75, 3.05) is 7.11 Å². The molecule has 0 saturated heterocycles. The molecule has 37 heavy (non-hydrogen) atoms. The molecule has 0 aliphatic carbocycles. The van der Waals surface area contributed by atoms with E-state index in [1.54, 1.807) is 32.0 Å². The maximum absolute atomic E-state index is 13.1. The third-order valence-corrected chi connectivity index (χ3v) is 6.11. The van der Waals surface area contributed by atoms with Crippen LogP contribution < -0.4 is 14.2 Å². The van der Waals surface area contributed by atoms with Crippen LogP contribution in [-0.2, 0) is 14.3 Å². The molecule has 0 aliphatic heterocycles. The van der Waals surface area contributed by atoms with E-state index in [4.69, 9.17) is 42.8 Å². The number of halogens is 1. The van der Waals surface area contributed by atoms with Crippen molar-refractivity contribution in [3.05, 3.63) is 83.1 Å². The highest BCUT2D eigenvalue weighted by molar-refractivity contribution is 7.80. The molecule has 0 spiro atoms. The predicted molar refractivity (Wildman–Crippen MR) is 144 cm³/mol. The van der Waals surface area contributed by atoms with Crippen molar-refractivity contribution in [3.63, 3.8) is 0 Å². The molecule has 0 bridgehead atoms. The average molecular weight is 542 g/mol. The summed E-state index contributed by atoms with van der Waals surface area (Å²) >= 11 is 11.9. The van der Waals surface area contributed by atoms with Gasteiger partial charge in [0.2, 0.25) is 0 Å². The topological polar surface area (TPSA) is 84.0 Å². The SMILES string of the molecule is COc1ccnc(C(=S)C[C@@H](C)C(=O)O[C@@H](C)[C@H](Oc2ccccc2Cl)c2ccccc2)c1OC(C)=O. The lowest BCUT2D eigenvalue weighted by atomic mass is 10.0. The summed E-state index contributed by atoms with van der Waals surface area (Å²) in [6, 6.07) is 18.1. The molecule has 0 N–H and O–H groups in total. The van der Waals surface area contributed by atoms with Crippen molar-refractivity contribution in [2.45, 2.75) is 39.4 Å². The molecule has 0 aliphatic rings. The van der Waals surface area contributed by atoms with Gasteiger partial charge in [0.25, 0.3) is 0 Å². The molecule has 2 aromatic carbocycles. The molecule has 194 valence electrons. The maximum Gasteiger partial charge on any atom is 0.309 e. The Kier molecular flexibility index (Phi) is 10.00. The van der Waals surface area contributed by atoms with Crippen molar-refractivity contribution in [1.82, 2.24) is 4.98 Å². The third-order valence-electron chi connectivity index (χ3n) is 5.44. The van der Waals surface area contributed by atoms with E-state index in [-0.39, 0.29) is 17.9 Å². The number of para-hydroxylation sites is 1. The standard InChI is InChI=1S/C28H28ClNO6S/c1-17(16-24(37)25-27(35-19(3)31)23(33-4)14-15-30-25)28(32)34-18(2)26(20-10-6-5-7-11-20)36-22-13-9-8-12-21(22)29/h5-15,17-18,26H,16H2,1-4H3/t17-,18+,26+/m1/s1. The predicted octanol–water partition coefficient (Wildman–Crippen LogP) is 6.17. The molecule has 7 nitrogen and oxygen atoms in total. The largest absolute Gasteiger partial charge is 0.493 e. The van der Waals surface area contributed by atoms with Crippen molar-refractivity contribution < 1.29 is 28.5 Å². The van der Waals surface area contributed by atoms with E-state index in [1.807, 2.05) is 42.5 Å². The fourth-order valence-corrected chi connectivity index (χ4v) is 4.18. The minimum atomic E-state index is -0.645. The smallest absolute Gasteiger partial charge is 0.309 e. The van der Waals surface area contributed by atoms with Gasteiger partial charge in [0.05, 0.1) is 18.1 Å². The van der Waals surface area contributed by atoms with Gasteiger partial charge in [-0.2, -0.15) is 0 Å². The number of hydrogen-bond acceptors (Lipinski definition) is 8. The normalized spacial score (nSPS) is 13.1. The Labute approximate surface area is 226 Å². The number of esters is 2. The minimum absolute atomic E-state index is 0.119. The number of pyridine rings is 1. The second kappa shape index (κ2) is 13.2. The Hall–Kier alpha value is -3.49. The number of benzene rings is 2. The number of ether oxygens (including phenoxy) is 4. The van der Waals surface area contributed by atoms with Crippen LogP contribution in [0.1, 0.15) is 44.6 Å². The summed E-state index contributed by atoms with van der Waals surface area (Å²) in [5.74, 6) is -0.692. The fourth-order valence-electron chi connectivity index (χ4n) is 3.61. The number of aromatic nitrogens is 1. The Morgan fingerprint density at radius 1 is 1.00 bits per heavy atom. The van der Waals surface area contributed by atoms with Crippen LogP contribution in [0.15, 0.2) is 66.9 Å². The van der Waals surface area contributed by atoms with Gasteiger partial charge in [-0.05, 0) is 31.0 Å². The van der Waals surface area contributed by atoms with Gasteiger partial charge in [-0.25, -0.2) is 0 Å². The van der Waals surface area contributed by atoms with Gasteiger partial charge < -0.3 is 18.9 Å². The van der Waals surface area contributed by atoms with Gasteiger partial charge in [0.1, 0.15) is 17.5 Å². The molecule has 3 atom stereocenters. The number of carbonyl (C=O) groups is 2. The summed E-state index contributed by atoms with van der Waals surface area (Å²) in [5.41, 5.74) is 1.10. The second-order valence-corrected chi connectivity index (χ2v) is 9.23. The Balaban J connectivity index is 1.75. The van der Waals surface area contributed by atoms with Gasteiger partial charge in [-0.15, -0.1) is 0 Å². The van der Waals surface area contributed by atoms with E-state index in [0.717, 1.165) is 5.56 Å². The fraction of sp³-hybridized carbons (Fsp3) is 0.286. The highest BCUT2D eigenvalue weighted by atomic mass is 35.5.